The molecule has 0 unspecified atom stereocenters. The number of carbonyl (C=O) groups is 1. The Balaban J connectivity index is 1.81. The van der Waals surface area contributed by atoms with Crippen molar-refractivity contribution < 1.29 is 19.0 Å². The van der Waals surface area contributed by atoms with Crippen LogP contribution in [0.4, 0.5) is 5.69 Å². The summed E-state index contributed by atoms with van der Waals surface area (Å²) in [5.74, 6) is 2.07. The fourth-order valence-electron chi connectivity index (χ4n) is 2.82. The maximum atomic E-state index is 12.7. The number of benzene rings is 2. The van der Waals surface area contributed by atoms with Gasteiger partial charge in [-0.1, -0.05) is 27.7 Å². The number of carbonyl (C=O) groups excluding carboxylic acids is 1. The highest BCUT2D eigenvalue weighted by Crippen LogP contribution is 2.37. The highest BCUT2D eigenvalue weighted by Gasteiger charge is 2.36. The Morgan fingerprint density at radius 3 is 2.32 bits per heavy atom. The summed E-state index contributed by atoms with van der Waals surface area (Å²) in [4.78, 5) is 19.0. The van der Waals surface area contributed by atoms with E-state index >= 15 is 0 Å². The zero-order chi connectivity index (χ0) is 20.3. The average Bonchev–Trinajstić information content (AvgIpc) is 2.97. The summed E-state index contributed by atoms with van der Waals surface area (Å²) in [5.41, 5.74) is 1.75. The molecule has 0 spiro atoms. The summed E-state index contributed by atoms with van der Waals surface area (Å²) in [6, 6.07) is 11.2. The monoisotopic (exact) mass is 464 g/mol. The third-order valence-electron chi connectivity index (χ3n) is 4.40. The van der Waals surface area contributed by atoms with E-state index in [1.54, 1.807) is 33.3 Å². The first-order valence-corrected chi connectivity index (χ1v) is 10.2. The van der Waals surface area contributed by atoms with Gasteiger partial charge in [0.1, 0.15) is 5.75 Å². The van der Waals surface area contributed by atoms with Crippen molar-refractivity contribution in [3.05, 3.63) is 46.4 Å². The van der Waals surface area contributed by atoms with Crippen molar-refractivity contribution in [1.29, 1.82) is 0 Å². The minimum absolute atomic E-state index is 0.0268. The Morgan fingerprint density at radius 1 is 1.07 bits per heavy atom. The maximum absolute atomic E-state index is 12.7. The van der Waals surface area contributed by atoms with Crippen molar-refractivity contribution in [1.82, 2.24) is 4.90 Å². The number of amidine groups is 1. The van der Waals surface area contributed by atoms with Crippen LogP contribution in [0.2, 0.25) is 0 Å². The second kappa shape index (κ2) is 8.87. The summed E-state index contributed by atoms with van der Waals surface area (Å²) < 4.78 is 16.7. The molecule has 0 radical (unpaired) electrons. The molecule has 8 heteroatoms. The van der Waals surface area contributed by atoms with E-state index in [2.05, 4.69) is 20.9 Å². The van der Waals surface area contributed by atoms with Gasteiger partial charge in [0.05, 0.1) is 32.3 Å². The molecule has 0 aliphatic carbocycles. The minimum Gasteiger partial charge on any atom is -0.497 e. The molecular formula is C20H21BrN2O4S. The topological polar surface area (TPSA) is 60.4 Å². The first-order valence-electron chi connectivity index (χ1n) is 8.54. The number of amides is 1. The first kappa shape index (κ1) is 20.5. The molecule has 0 aromatic heterocycles. The molecule has 3 rings (SSSR count). The quantitative estimate of drug-likeness (QED) is 0.638. The third kappa shape index (κ3) is 4.28. The van der Waals surface area contributed by atoms with Crippen LogP contribution in [0, 0.1) is 0 Å². The van der Waals surface area contributed by atoms with Crippen molar-refractivity contribution in [2.24, 2.45) is 4.99 Å². The van der Waals surface area contributed by atoms with E-state index in [0.717, 1.165) is 21.5 Å². The average molecular weight is 465 g/mol. The Bertz CT molecular complexity index is 902. The first-order chi connectivity index (χ1) is 13.5. The van der Waals surface area contributed by atoms with Gasteiger partial charge in [-0.25, -0.2) is 4.99 Å². The number of ether oxygens (including phenoxy) is 3. The smallest absolute Gasteiger partial charge is 0.242 e. The Kier molecular flexibility index (Phi) is 6.51. The molecular weight excluding hydrogens is 444 g/mol. The summed E-state index contributed by atoms with van der Waals surface area (Å²) in [5, 5.41) is 0.424. The second-order valence-electron chi connectivity index (χ2n) is 6.10. The van der Waals surface area contributed by atoms with E-state index in [9.17, 15) is 4.79 Å². The van der Waals surface area contributed by atoms with Gasteiger partial charge in [-0.05, 0) is 48.4 Å². The molecule has 1 fully saturated rings. The highest BCUT2D eigenvalue weighted by atomic mass is 79.9. The standard InChI is InChI=1S/C20H21BrN2O4S/c1-23-19(24)18(10-12-9-16(26-3)17(27-4)11-15(12)21)28-20(23)22-13-5-7-14(25-2)8-6-13/h5-9,11,18H,10H2,1-4H3/t18-/m0/s1. The predicted molar refractivity (Wildman–Crippen MR) is 115 cm³/mol. The van der Waals surface area contributed by atoms with Crippen LogP contribution in [0.25, 0.3) is 0 Å². The van der Waals surface area contributed by atoms with Crippen molar-refractivity contribution >= 4 is 44.5 Å². The Morgan fingerprint density at radius 2 is 1.71 bits per heavy atom. The normalized spacial score (nSPS) is 17.9. The summed E-state index contributed by atoms with van der Waals surface area (Å²) in [7, 11) is 6.56. The molecule has 1 saturated heterocycles. The van der Waals surface area contributed by atoms with Crippen LogP contribution >= 0.6 is 27.7 Å². The Hall–Kier alpha value is -2.19. The van der Waals surface area contributed by atoms with Gasteiger partial charge in [-0.2, -0.15) is 0 Å². The van der Waals surface area contributed by atoms with E-state index in [1.807, 2.05) is 36.4 Å². The molecule has 2 aromatic rings. The SMILES string of the molecule is COc1ccc(N=C2S[C@@H](Cc3cc(OC)c(OC)cc3Br)C(=O)N2C)cc1. The molecule has 28 heavy (non-hydrogen) atoms. The maximum Gasteiger partial charge on any atom is 0.242 e. The molecule has 1 atom stereocenters. The van der Waals surface area contributed by atoms with E-state index < -0.39 is 0 Å². The van der Waals surface area contributed by atoms with Crippen molar-refractivity contribution in [2.75, 3.05) is 28.4 Å². The second-order valence-corrected chi connectivity index (χ2v) is 8.12. The molecule has 1 aliphatic rings. The van der Waals surface area contributed by atoms with Gasteiger partial charge in [0.2, 0.25) is 5.91 Å². The number of nitrogens with zero attached hydrogens (tertiary/aromatic N) is 2. The lowest BCUT2D eigenvalue weighted by molar-refractivity contribution is -0.125. The van der Waals surface area contributed by atoms with Gasteiger partial charge in [0.25, 0.3) is 0 Å². The van der Waals surface area contributed by atoms with E-state index in [-0.39, 0.29) is 11.2 Å². The number of hydrogen-bond acceptors (Lipinski definition) is 6. The fourth-order valence-corrected chi connectivity index (χ4v) is 4.48. The van der Waals surface area contributed by atoms with Crippen LogP contribution in [0.1, 0.15) is 5.56 Å². The highest BCUT2D eigenvalue weighted by molar-refractivity contribution is 9.10. The summed E-state index contributed by atoms with van der Waals surface area (Å²) in [6.07, 6.45) is 0.552. The minimum atomic E-state index is -0.253. The van der Waals surface area contributed by atoms with Gasteiger partial charge in [0.15, 0.2) is 16.7 Å². The number of methoxy groups -OCH3 is 3. The largest absolute Gasteiger partial charge is 0.497 e. The number of halogens is 1. The predicted octanol–water partition coefficient (Wildman–Crippen LogP) is 4.28. The molecule has 1 aliphatic heterocycles. The van der Waals surface area contributed by atoms with Crippen LogP contribution in [0.15, 0.2) is 45.9 Å². The van der Waals surface area contributed by atoms with Gasteiger partial charge in [-0.3, -0.25) is 9.69 Å². The third-order valence-corrected chi connectivity index (χ3v) is 6.36. The number of thioether (sulfide) groups is 1. The van der Waals surface area contributed by atoms with Crippen LogP contribution in [0.5, 0.6) is 17.2 Å². The van der Waals surface area contributed by atoms with E-state index in [1.165, 1.54) is 11.8 Å². The molecule has 1 amide bonds. The molecule has 1 heterocycles. The lowest BCUT2D eigenvalue weighted by Gasteiger charge is -2.13. The van der Waals surface area contributed by atoms with Crippen LogP contribution in [-0.4, -0.2) is 49.6 Å². The molecule has 0 N–H and O–H groups in total. The van der Waals surface area contributed by atoms with Crippen molar-refractivity contribution in [3.8, 4) is 17.2 Å². The summed E-state index contributed by atoms with van der Waals surface area (Å²) >= 11 is 5.03. The van der Waals surface area contributed by atoms with Crippen molar-refractivity contribution in [3.63, 3.8) is 0 Å². The zero-order valence-corrected chi connectivity index (χ0v) is 18.5. The van der Waals surface area contributed by atoms with Crippen LogP contribution in [-0.2, 0) is 11.2 Å². The lowest BCUT2D eigenvalue weighted by Crippen LogP contribution is -2.28. The van der Waals surface area contributed by atoms with E-state index in [0.29, 0.717) is 23.1 Å². The summed E-state index contributed by atoms with van der Waals surface area (Å²) in [6.45, 7) is 0. The van der Waals surface area contributed by atoms with Crippen LogP contribution in [0.3, 0.4) is 0 Å². The van der Waals surface area contributed by atoms with Gasteiger partial charge in [-0.15, -0.1) is 0 Å². The Labute approximate surface area is 177 Å². The van der Waals surface area contributed by atoms with Crippen LogP contribution < -0.4 is 14.2 Å². The van der Waals surface area contributed by atoms with Gasteiger partial charge >= 0.3 is 0 Å². The number of hydrogen-bond donors (Lipinski definition) is 0. The molecule has 0 saturated carbocycles. The number of rotatable bonds is 6. The van der Waals surface area contributed by atoms with Gasteiger partial charge in [0, 0.05) is 11.5 Å². The molecule has 148 valence electrons. The van der Waals surface area contributed by atoms with Gasteiger partial charge < -0.3 is 14.2 Å². The van der Waals surface area contributed by atoms with E-state index in [4.69, 9.17) is 14.2 Å². The molecule has 0 bridgehead atoms. The number of aliphatic imine (C=N–C) groups is 1. The zero-order valence-electron chi connectivity index (χ0n) is 16.1. The van der Waals surface area contributed by atoms with Crippen molar-refractivity contribution in [2.45, 2.75) is 11.7 Å². The lowest BCUT2D eigenvalue weighted by atomic mass is 10.1. The fraction of sp³-hybridized carbons (Fsp3) is 0.300. The molecule has 2 aromatic carbocycles. The molecule has 6 nitrogen and oxygen atoms in total.